The molecule has 0 aromatic heterocycles. The van der Waals surface area contributed by atoms with Gasteiger partial charge in [0.2, 0.25) is 0 Å². The van der Waals surface area contributed by atoms with Gasteiger partial charge in [-0.05, 0) is 41.7 Å². The van der Waals surface area contributed by atoms with E-state index in [1.54, 1.807) is 0 Å². The fourth-order valence-corrected chi connectivity index (χ4v) is 2.81. The van der Waals surface area contributed by atoms with Gasteiger partial charge in [-0.1, -0.05) is 71.7 Å². The first-order valence-corrected chi connectivity index (χ1v) is 8.24. The van der Waals surface area contributed by atoms with Crippen LogP contribution in [0.15, 0.2) is 24.3 Å². The predicted octanol–water partition coefficient (Wildman–Crippen LogP) is 5.62. The van der Waals surface area contributed by atoms with Gasteiger partial charge >= 0.3 is 0 Å². The summed E-state index contributed by atoms with van der Waals surface area (Å²) in [6.45, 7) is 11.2. The maximum absolute atomic E-state index is 10.6. The van der Waals surface area contributed by atoms with Crippen LogP contribution < -0.4 is 0 Å². The average molecular weight is 276 g/mol. The summed E-state index contributed by atoms with van der Waals surface area (Å²) in [4.78, 5) is 0. The second kappa shape index (κ2) is 7.83. The minimum Gasteiger partial charge on any atom is -0.388 e. The molecular weight excluding hydrogens is 244 g/mol. The fourth-order valence-electron chi connectivity index (χ4n) is 2.81. The molecule has 0 fully saturated rings. The van der Waals surface area contributed by atoms with Crippen molar-refractivity contribution in [3.63, 3.8) is 0 Å². The molecule has 0 radical (unpaired) electrons. The topological polar surface area (TPSA) is 20.2 Å². The summed E-state index contributed by atoms with van der Waals surface area (Å²) < 4.78 is 0. The van der Waals surface area contributed by atoms with E-state index in [9.17, 15) is 5.11 Å². The van der Waals surface area contributed by atoms with E-state index in [2.05, 4.69) is 58.9 Å². The van der Waals surface area contributed by atoms with Crippen LogP contribution in [-0.4, -0.2) is 5.11 Å². The van der Waals surface area contributed by atoms with Crippen LogP contribution in [-0.2, 0) is 5.41 Å². The highest BCUT2D eigenvalue weighted by Crippen LogP contribution is 2.32. The van der Waals surface area contributed by atoms with Crippen molar-refractivity contribution in [1.82, 2.24) is 0 Å². The van der Waals surface area contributed by atoms with Crippen LogP contribution in [0, 0.1) is 5.92 Å². The third-order valence-corrected chi connectivity index (χ3v) is 4.68. The van der Waals surface area contributed by atoms with E-state index in [4.69, 9.17) is 0 Å². The predicted molar refractivity (Wildman–Crippen MR) is 88.0 cm³/mol. The second-order valence-electron chi connectivity index (χ2n) is 6.64. The lowest BCUT2D eigenvalue weighted by molar-refractivity contribution is 0.0964. The molecule has 1 N–H and O–H groups in total. The molecule has 0 spiro atoms. The SMILES string of the molecule is CCCC(CCC)C(O)c1ccc(C(C)(C)CC)cc1. The van der Waals surface area contributed by atoms with Gasteiger partial charge in [-0.15, -0.1) is 0 Å². The van der Waals surface area contributed by atoms with Gasteiger partial charge in [0, 0.05) is 0 Å². The van der Waals surface area contributed by atoms with Crippen molar-refractivity contribution in [2.45, 2.75) is 78.2 Å². The van der Waals surface area contributed by atoms with E-state index in [-0.39, 0.29) is 11.5 Å². The molecule has 0 amide bonds. The minimum absolute atomic E-state index is 0.218. The summed E-state index contributed by atoms with van der Waals surface area (Å²) in [6.07, 6.45) is 5.32. The van der Waals surface area contributed by atoms with E-state index >= 15 is 0 Å². The zero-order valence-corrected chi connectivity index (χ0v) is 13.9. The lowest BCUT2D eigenvalue weighted by atomic mass is 9.81. The normalized spacial score (nSPS) is 13.8. The standard InChI is InChI=1S/C19H32O/c1-6-9-15(10-7-2)18(20)16-11-13-17(14-12-16)19(4,5)8-3/h11-15,18,20H,6-10H2,1-5H3. The van der Waals surface area contributed by atoms with Crippen LogP contribution in [0.3, 0.4) is 0 Å². The van der Waals surface area contributed by atoms with Crippen LogP contribution in [0.2, 0.25) is 0 Å². The summed E-state index contributed by atoms with van der Waals surface area (Å²) in [6, 6.07) is 8.62. The van der Waals surface area contributed by atoms with Gasteiger partial charge in [0.1, 0.15) is 0 Å². The van der Waals surface area contributed by atoms with Crippen molar-refractivity contribution < 1.29 is 5.11 Å². The van der Waals surface area contributed by atoms with Crippen molar-refractivity contribution in [1.29, 1.82) is 0 Å². The largest absolute Gasteiger partial charge is 0.388 e. The Kier molecular flexibility index (Phi) is 6.75. The van der Waals surface area contributed by atoms with Crippen molar-refractivity contribution in [2.75, 3.05) is 0 Å². The Balaban J connectivity index is 2.86. The smallest absolute Gasteiger partial charge is 0.0818 e. The van der Waals surface area contributed by atoms with Crippen LogP contribution in [0.5, 0.6) is 0 Å². The molecule has 0 saturated heterocycles. The molecule has 0 heterocycles. The lowest BCUT2D eigenvalue weighted by Crippen LogP contribution is -2.16. The molecule has 0 aliphatic rings. The molecule has 1 aromatic rings. The molecule has 0 aliphatic carbocycles. The highest BCUT2D eigenvalue weighted by Gasteiger charge is 2.21. The fraction of sp³-hybridized carbons (Fsp3) is 0.684. The van der Waals surface area contributed by atoms with Gasteiger partial charge in [-0.3, -0.25) is 0 Å². The lowest BCUT2D eigenvalue weighted by Gasteiger charge is -2.26. The molecule has 1 rings (SSSR count). The van der Waals surface area contributed by atoms with Crippen molar-refractivity contribution in [3.05, 3.63) is 35.4 Å². The first-order chi connectivity index (χ1) is 9.46. The summed E-state index contributed by atoms with van der Waals surface area (Å²) in [5, 5.41) is 10.6. The van der Waals surface area contributed by atoms with Crippen molar-refractivity contribution in [2.24, 2.45) is 5.92 Å². The van der Waals surface area contributed by atoms with E-state index < -0.39 is 0 Å². The summed E-state index contributed by atoms with van der Waals surface area (Å²) >= 11 is 0. The molecule has 1 aromatic carbocycles. The third-order valence-electron chi connectivity index (χ3n) is 4.68. The number of hydrogen-bond acceptors (Lipinski definition) is 1. The maximum atomic E-state index is 10.6. The Morgan fingerprint density at radius 3 is 1.85 bits per heavy atom. The highest BCUT2D eigenvalue weighted by atomic mass is 16.3. The number of rotatable bonds is 8. The van der Waals surface area contributed by atoms with Crippen molar-refractivity contribution >= 4 is 0 Å². The third kappa shape index (κ3) is 4.34. The second-order valence-corrected chi connectivity index (χ2v) is 6.64. The monoisotopic (exact) mass is 276 g/mol. The van der Waals surface area contributed by atoms with E-state index in [1.807, 2.05) is 0 Å². The van der Waals surface area contributed by atoms with E-state index in [0.29, 0.717) is 5.92 Å². The molecule has 20 heavy (non-hydrogen) atoms. The van der Waals surface area contributed by atoms with E-state index in [0.717, 1.165) is 37.7 Å². The summed E-state index contributed by atoms with van der Waals surface area (Å²) in [5.41, 5.74) is 2.65. The Hall–Kier alpha value is -0.820. The minimum atomic E-state index is -0.311. The van der Waals surface area contributed by atoms with Crippen LogP contribution in [0.25, 0.3) is 0 Å². The molecule has 1 nitrogen and oxygen atoms in total. The summed E-state index contributed by atoms with van der Waals surface area (Å²) in [7, 11) is 0. The first kappa shape index (κ1) is 17.2. The number of aliphatic hydroxyl groups excluding tert-OH is 1. The molecule has 0 aliphatic heterocycles. The Bertz CT molecular complexity index is 371. The van der Waals surface area contributed by atoms with Crippen LogP contribution >= 0.6 is 0 Å². The number of hydrogen-bond donors (Lipinski definition) is 1. The average Bonchev–Trinajstić information content (AvgIpc) is 2.46. The zero-order valence-electron chi connectivity index (χ0n) is 13.9. The van der Waals surface area contributed by atoms with Crippen LogP contribution in [0.4, 0.5) is 0 Å². The van der Waals surface area contributed by atoms with Gasteiger partial charge in [0.15, 0.2) is 0 Å². The molecule has 1 heteroatoms. The molecule has 0 saturated carbocycles. The first-order valence-electron chi connectivity index (χ1n) is 8.24. The van der Waals surface area contributed by atoms with Gasteiger partial charge < -0.3 is 5.11 Å². The molecule has 1 unspecified atom stereocenters. The van der Waals surface area contributed by atoms with Gasteiger partial charge in [0.25, 0.3) is 0 Å². The molecular formula is C19H32O. The van der Waals surface area contributed by atoms with E-state index in [1.165, 1.54) is 5.56 Å². The summed E-state index contributed by atoms with van der Waals surface area (Å²) in [5.74, 6) is 0.398. The highest BCUT2D eigenvalue weighted by molar-refractivity contribution is 5.29. The Labute approximate surface area is 125 Å². The molecule has 0 bridgehead atoms. The zero-order chi connectivity index (χ0) is 15.2. The van der Waals surface area contributed by atoms with Gasteiger partial charge in [-0.25, -0.2) is 0 Å². The Morgan fingerprint density at radius 2 is 1.45 bits per heavy atom. The van der Waals surface area contributed by atoms with Crippen molar-refractivity contribution in [3.8, 4) is 0 Å². The maximum Gasteiger partial charge on any atom is 0.0818 e. The van der Waals surface area contributed by atoms with Crippen LogP contribution in [0.1, 0.15) is 84.0 Å². The van der Waals surface area contributed by atoms with Gasteiger partial charge in [-0.2, -0.15) is 0 Å². The number of aliphatic hydroxyl groups is 1. The molecule has 114 valence electrons. The molecule has 1 atom stereocenters. The Morgan fingerprint density at radius 1 is 0.950 bits per heavy atom. The quantitative estimate of drug-likeness (QED) is 0.653. The van der Waals surface area contributed by atoms with Gasteiger partial charge in [0.05, 0.1) is 6.10 Å². The number of benzene rings is 1.